The van der Waals surface area contributed by atoms with Gasteiger partial charge in [-0.05, 0) is 41.8 Å². The maximum Gasteiger partial charge on any atom is 0.243 e. The molecule has 1 saturated heterocycles. The summed E-state index contributed by atoms with van der Waals surface area (Å²) in [6.45, 7) is 3.50. The molecule has 7 amide bonds. The molecule has 0 aliphatic carbocycles. The lowest BCUT2D eigenvalue weighted by molar-refractivity contribution is -0.135. The van der Waals surface area contributed by atoms with Crippen LogP contribution in [0.4, 0.5) is 0 Å². The Bertz CT molecular complexity index is 2220. The zero-order chi connectivity index (χ0) is 46.7. The van der Waals surface area contributed by atoms with E-state index in [0.29, 0.717) is 29.8 Å². The highest BCUT2D eigenvalue weighted by Gasteiger charge is 2.33. The molecule has 0 spiro atoms. The van der Waals surface area contributed by atoms with E-state index in [1.807, 2.05) is 44.2 Å². The molecule has 4 aromatic rings. The van der Waals surface area contributed by atoms with Crippen molar-refractivity contribution in [3.8, 4) is 0 Å². The fourth-order valence-corrected chi connectivity index (χ4v) is 7.74. The van der Waals surface area contributed by atoms with Gasteiger partial charge in [0.05, 0.1) is 12.9 Å². The van der Waals surface area contributed by atoms with E-state index in [0.717, 1.165) is 10.9 Å². The molecule has 0 radical (unpaired) electrons. The lowest BCUT2D eigenvalue weighted by Gasteiger charge is -2.28. The van der Waals surface area contributed by atoms with Crippen molar-refractivity contribution in [1.29, 1.82) is 0 Å². The number of guanidine groups is 1. The standard InChI is InChI=1S/C45H61N13O7/c1-3-28(4-2)34-23-39(60)55-37(22-31-24-48-26-52-31)44(65)57-35(19-27-11-6-5-7-12-27)43(64)56-33(15-10-17-50-45(46)47)42(63)58-36(21-30-20-29-13-8-9-14-32(29)53-30)41(62)51-25-40(61)49-18-16-38(59)54-34/h5-9,11-14,20,24,26,28,33-37,53H,3-4,10,15-19,21-23,25H2,1-2H3,(H,48,52)(H,49,61)(H,51,62)(H,54,59)(H,55,60)(H,56,64)(H,57,65)(H,58,63)(H4,46,47,50)/t33-,34?,35?,36-,37-/m0/s1. The molecule has 20 nitrogen and oxygen atoms in total. The molecule has 2 aromatic carbocycles. The summed E-state index contributed by atoms with van der Waals surface area (Å²) in [4.78, 5) is 111. The number of hydrogen-bond acceptors (Lipinski definition) is 9. The maximum absolute atomic E-state index is 14.5. The topological polar surface area (TPSA) is 313 Å². The molecule has 5 rings (SSSR count). The van der Waals surface area contributed by atoms with Gasteiger partial charge in [-0.1, -0.05) is 75.2 Å². The molecule has 3 heterocycles. The van der Waals surface area contributed by atoms with Crippen LogP contribution in [0.25, 0.3) is 10.9 Å². The lowest BCUT2D eigenvalue weighted by atomic mass is 9.91. The second-order valence-electron chi connectivity index (χ2n) is 16.1. The number of nitrogens with zero attached hydrogens (tertiary/aromatic N) is 2. The number of carbonyl (C=O) groups excluding carboxylic acids is 7. The predicted molar refractivity (Wildman–Crippen MR) is 243 cm³/mol. The molecule has 2 aromatic heterocycles. The molecule has 1 fully saturated rings. The quantitative estimate of drug-likeness (QED) is 0.0480. The molecule has 20 heteroatoms. The van der Waals surface area contributed by atoms with E-state index in [1.54, 1.807) is 30.3 Å². The summed E-state index contributed by atoms with van der Waals surface area (Å²) in [7, 11) is 0. The van der Waals surface area contributed by atoms with E-state index in [-0.39, 0.29) is 69.9 Å². The number of aliphatic imine (C=N–C) groups is 1. The number of H-pyrrole nitrogens is 2. The van der Waals surface area contributed by atoms with Crippen LogP contribution in [0, 0.1) is 5.92 Å². The Kier molecular flexibility index (Phi) is 18.4. The smallest absolute Gasteiger partial charge is 0.243 e. The molecule has 5 atom stereocenters. The van der Waals surface area contributed by atoms with E-state index >= 15 is 0 Å². The van der Waals surface area contributed by atoms with Crippen LogP contribution in [-0.4, -0.2) is 112 Å². The minimum Gasteiger partial charge on any atom is -0.370 e. The van der Waals surface area contributed by atoms with Gasteiger partial charge in [0, 0.05) is 74.3 Å². The first kappa shape index (κ1) is 48.8. The van der Waals surface area contributed by atoms with Crippen molar-refractivity contribution in [1.82, 2.24) is 52.2 Å². The molecule has 0 bridgehead atoms. The molecule has 1 aliphatic rings. The van der Waals surface area contributed by atoms with E-state index in [1.165, 1.54) is 12.5 Å². The molecule has 13 N–H and O–H groups in total. The first-order valence-electron chi connectivity index (χ1n) is 22.0. The van der Waals surface area contributed by atoms with Gasteiger partial charge in [0.2, 0.25) is 41.4 Å². The zero-order valence-corrected chi connectivity index (χ0v) is 36.8. The van der Waals surface area contributed by atoms with Crippen LogP contribution in [0.5, 0.6) is 0 Å². The minimum absolute atomic E-state index is 0.00173. The van der Waals surface area contributed by atoms with Gasteiger partial charge in [0.1, 0.15) is 24.2 Å². The number of imidazole rings is 1. The number of rotatable bonds is 13. The Morgan fingerprint density at radius 2 is 1.35 bits per heavy atom. The number of carbonyl (C=O) groups is 7. The van der Waals surface area contributed by atoms with Crippen molar-refractivity contribution in [2.24, 2.45) is 22.4 Å². The largest absolute Gasteiger partial charge is 0.370 e. The fraction of sp³-hybridized carbons (Fsp3) is 0.444. The summed E-state index contributed by atoms with van der Waals surface area (Å²) < 4.78 is 0. The van der Waals surface area contributed by atoms with Crippen molar-refractivity contribution in [2.75, 3.05) is 19.6 Å². The third-order valence-electron chi connectivity index (χ3n) is 11.2. The Morgan fingerprint density at radius 3 is 2.03 bits per heavy atom. The van der Waals surface area contributed by atoms with Gasteiger partial charge >= 0.3 is 0 Å². The van der Waals surface area contributed by atoms with E-state index < -0.39 is 78.1 Å². The van der Waals surface area contributed by atoms with Crippen LogP contribution in [0.15, 0.2) is 78.2 Å². The Hall–Kier alpha value is -7.25. The number of amides is 7. The molecule has 2 unspecified atom stereocenters. The number of para-hydroxylation sites is 1. The summed E-state index contributed by atoms with van der Waals surface area (Å²) in [6.07, 6.45) is 4.19. The lowest BCUT2D eigenvalue weighted by Crippen LogP contribution is -2.59. The Morgan fingerprint density at radius 1 is 0.708 bits per heavy atom. The maximum atomic E-state index is 14.5. The zero-order valence-electron chi connectivity index (χ0n) is 36.8. The van der Waals surface area contributed by atoms with Crippen molar-refractivity contribution < 1.29 is 33.6 Å². The van der Waals surface area contributed by atoms with E-state index in [4.69, 9.17) is 11.5 Å². The summed E-state index contributed by atoms with van der Waals surface area (Å²) in [5.41, 5.74) is 13.7. The number of nitrogens with two attached hydrogens (primary N) is 2. The second-order valence-corrected chi connectivity index (χ2v) is 16.1. The fourth-order valence-electron chi connectivity index (χ4n) is 7.74. The van der Waals surface area contributed by atoms with Crippen LogP contribution in [0.2, 0.25) is 0 Å². The van der Waals surface area contributed by atoms with Crippen LogP contribution >= 0.6 is 0 Å². The molecular formula is C45H61N13O7. The van der Waals surface area contributed by atoms with Crippen LogP contribution in [0.1, 0.15) is 69.3 Å². The predicted octanol–water partition coefficient (Wildman–Crippen LogP) is -0.141. The highest BCUT2D eigenvalue weighted by molar-refractivity contribution is 5.96. The van der Waals surface area contributed by atoms with E-state index in [9.17, 15) is 33.6 Å². The molecule has 65 heavy (non-hydrogen) atoms. The number of benzene rings is 2. The number of hydrogen-bond donors (Lipinski definition) is 11. The molecule has 348 valence electrons. The second kappa shape index (κ2) is 24.6. The van der Waals surface area contributed by atoms with Crippen molar-refractivity contribution in [3.05, 3.63) is 90.1 Å². The van der Waals surface area contributed by atoms with E-state index in [2.05, 4.69) is 57.2 Å². The Labute approximate surface area is 377 Å². The van der Waals surface area contributed by atoms with Crippen molar-refractivity contribution in [3.63, 3.8) is 0 Å². The summed E-state index contributed by atoms with van der Waals surface area (Å²) in [6, 6.07) is 12.7. The first-order chi connectivity index (χ1) is 31.3. The highest BCUT2D eigenvalue weighted by atomic mass is 16.2. The number of aromatic amines is 2. The van der Waals surface area contributed by atoms with Gasteiger partial charge in [-0.3, -0.25) is 38.6 Å². The number of aromatic nitrogens is 3. The van der Waals surface area contributed by atoms with Crippen molar-refractivity contribution >= 4 is 58.2 Å². The monoisotopic (exact) mass is 895 g/mol. The third-order valence-corrected chi connectivity index (χ3v) is 11.2. The van der Waals surface area contributed by atoms with Gasteiger partial charge in [-0.2, -0.15) is 0 Å². The van der Waals surface area contributed by atoms with Crippen LogP contribution < -0.4 is 48.7 Å². The molecule has 1 aliphatic heterocycles. The summed E-state index contributed by atoms with van der Waals surface area (Å²) in [5.74, 6) is -4.59. The van der Waals surface area contributed by atoms with Gasteiger partial charge in [0.15, 0.2) is 5.96 Å². The Balaban J connectivity index is 1.50. The first-order valence-corrected chi connectivity index (χ1v) is 22.0. The average Bonchev–Trinajstić information content (AvgIpc) is 3.96. The van der Waals surface area contributed by atoms with Crippen LogP contribution in [0.3, 0.4) is 0 Å². The number of nitrogens with one attached hydrogen (secondary N) is 9. The number of fused-ring (bicyclic) bond motifs is 1. The summed E-state index contributed by atoms with van der Waals surface area (Å²) >= 11 is 0. The molecular weight excluding hydrogens is 835 g/mol. The van der Waals surface area contributed by atoms with Gasteiger partial charge in [-0.15, -0.1) is 0 Å². The van der Waals surface area contributed by atoms with Gasteiger partial charge in [-0.25, -0.2) is 4.98 Å². The molecule has 0 saturated carbocycles. The van der Waals surface area contributed by atoms with Gasteiger partial charge < -0.3 is 58.7 Å². The van der Waals surface area contributed by atoms with Gasteiger partial charge in [0.25, 0.3) is 0 Å². The SMILES string of the molecule is CCC(CC)C1CC(=O)N[C@@H](Cc2cnc[nH]2)C(=O)NC(Cc2ccccc2)C(=O)N[C@@H](CCCN=C(N)N)C(=O)N[C@@H](Cc2cc3ccccc3[nH]2)C(=O)NCC(=O)NCCC(=O)N1. The van der Waals surface area contributed by atoms with Crippen LogP contribution in [-0.2, 0) is 52.8 Å². The normalized spacial score (nSPS) is 21.3. The van der Waals surface area contributed by atoms with Crippen molar-refractivity contribution in [2.45, 2.75) is 102 Å². The minimum atomic E-state index is -1.26. The summed E-state index contributed by atoms with van der Waals surface area (Å²) in [5, 5.41) is 20.3. The highest BCUT2D eigenvalue weighted by Crippen LogP contribution is 2.18. The third kappa shape index (κ3) is 15.5. The average molecular weight is 896 g/mol.